The van der Waals surface area contributed by atoms with Crippen molar-refractivity contribution in [3.05, 3.63) is 0 Å². The van der Waals surface area contributed by atoms with Crippen LogP contribution in [0, 0.1) is 17.2 Å². The summed E-state index contributed by atoms with van der Waals surface area (Å²) in [5, 5.41) is 8.81. The van der Waals surface area contributed by atoms with E-state index in [1.165, 1.54) is 51.4 Å². The van der Waals surface area contributed by atoms with Gasteiger partial charge in [0.15, 0.2) is 0 Å². The van der Waals surface area contributed by atoms with Crippen molar-refractivity contribution in [2.24, 2.45) is 5.92 Å². The molecule has 0 radical (unpaired) electrons. The molecule has 0 aliphatic rings. The van der Waals surface area contributed by atoms with E-state index in [0.29, 0.717) is 0 Å². The van der Waals surface area contributed by atoms with Crippen molar-refractivity contribution < 1.29 is 0 Å². The van der Waals surface area contributed by atoms with Gasteiger partial charge in [-0.05, 0) is 26.4 Å². The van der Waals surface area contributed by atoms with Crippen LogP contribution in [0.4, 0.5) is 0 Å². The topological polar surface area (TPSA) is 27.0 Å². The second-order valence-corrected chi connectivity index (χ2v) is 5.40. The first-order chi connectivity index (χ1) is 8.74. The zero-order valence-electron chi connectivity index (χ0n) is 12.7. The van der Waals surface area contributed by atoms with Crippen molar-refractivity contribution in [3.8, 4) is 6.07 Å². The van der Waals surface area contributed by atoms with E-state index in [1.807, 2.05) is 6.92 Å². The van der Waals surface area contributed by atoms with Crippen LogP contribution in [0.15, 0.2) is 0 Å². The molecule has 0 rings (SSSR count). The minimum Gasteiger partial charge on any atom is -0.302 e. The highest BCUT2D eigenvalue weighted by Crippen LogP contribution is 2.09. The molecule has 0 spiro atoms. The van der Waals surface area contributed by atoms with Crippen LogP contribution in [0.25, 0.3) is 0 Å². The van der Waals surface area contributed by atoms with Crippen molar-refractivity contribution in [3.63, 3.8) is 0 Å². The van der Waals surface area contributed by atoms with Gasteiger partial charge in [-0.25, -0.2) is 0 Å². The van der Waals surface area contributed by atoms with Gasteiger partial charge in [0.2, 0.25) is 0 Å². The Kier molecular flexibility index (Phi) is 12.5. The van der Waals surface area contributed by atoms with Gasteiger partial charge in [0.1, 0.15) is 0 Å². The largest absolute Gasteiger partial charge is 0.302 e. The molecule has 0 aromatic heterocycles. The number of hydrogen-bond acceptors (Lipinski definition) is 2. The Morgan fingerprint density at radius 3 is 2.00 bits per heavy atom. The number of nitriles is 1. The smallest absolute Gasteiger partial charge is 0.0666 e. The van der Waals surface area contributed by atoms with Crippen molar-refractivity contribution >= 4 is 0 Å². The average Bonchev–Trinajstić information content (AvgIpc) is 2.40. The highest BCUT2D eigenvalue weighted by Gasteiger charge is 2.06. The Labute approximate surface area is 114 Å². The van der Waals surface area contributed by atoms with E-state index in [9.17, 15) is 0 Å². The van der Waals surface area contributed by atoms with Gasteiger partial charge in [0.25, 0.3) is 0 Å². The van der Waals surface area contributed by atoms with Crippen LogP contribution in [-0.2, 0) is 0 Å². The van der Waals surface area contributed by atoms with Crippen LogP contribution in [0.1, 0.15) is 72.1 Å². The lowest BCUT2D eigenvalue weighted by Crippen LogP contribution is -2.29. The van der Waals surface area contributed by atoms with Crippen molar-refractivity contribution in [2.45, 2.75) is 72.1 Å². The number of unbranched alkanes of at least 4 members (excludes halogenated alkanes) is 7. The minimum atomic E-state index is 0.166. The summed E-state index contributed by atoms with van der Waals surface area (Å²) in [7, 11) is 0. The Hall–Kier alpha value is -0.550. The van der Waals surface area contributed by atoms with E-state index in [1.54, 1.807) is 0 Å². The molecule has 0 amide bonds. The lowest BCUT2D eigenvalue weighted by molar-refractivity contribution is 0.262. The van der Waals surface area contributed by atoms with Crippen molar-refractivity contribution in [1.82, 2.24) is 4.90 Å². The number of hydrogen-bond donors (Lipinski definition) is 0. The maximum Gasteiger partial charge on any atom is 0.0666 e. The standard InChI is InChI=1S/C16H32N2/c1-4-6-7-8-9-10-11-12-13-18(5-2)15-16(3)14-17/h16H,4-13,15H2,1-3H3. The summed E-state index contributed by atoms with van der Waals surface area (Å²) in [5.41, 5.74) is 0. The fraction of sp³-hybridized carbons (Fsp3) is 0.938. The molecule has 0 N–H and O–H groups in total. The first-order valence-corrected chi connectivity index (χ1v) is 7.86. The highest BCUT2D eigenvalue weighted by molar-refractivity contribution is 4.81. The predicted octanol–water partition coefficient (Wildman–Crippen LogP) is 4.61. The molecular weight excluding hydrogens is 220 g/mol. The fourth-order valence-corrected chi connectivity index (χ4v) is 2.28. The normalized spacial score (nSPS) is 12.6. The van der Waals surface area contributed by atoms with Gasteiger partial charge in [-0.15, -0.1) is 0 Å². The second-order valence-electron chi connectivity index (χ2n) is 5.40. The molecule has 1 unspecified atom stereocenters. The maximum atomic E-state index is 8.81. The van der Waals surface area contributed by atoms with Gasteiger partial charge < -0.3 is 4.90 Å². The Balaban J connectivity index is 3.37. The third-order valence-corrected chi connectivity index (χ3v) is 3.53. The fourth-order valence-electron chi connectivity index (χ4n) is 2.28. The van der Waals surface area contributed by atoms with Crippen LogP contribution in [0.2, 0.25) is 0 Å². The van der Waals surface area contributed by atoms with Crippen molar-refractivity contribution in [2.75, 3.05) is 19.6 Å². The molecule has 0 saturated carbocycles. The molecule has 0 fully saturated rings. The molecule has 0 aromatic carbocycles. The van der Waals surface area contributed by atoms with Crippen LogP contribution >= 0.6 is 0 Å². The van der Waals surface area contributed by atoms with Crippen LogP contribution in [0.5, 0.6) is 0 Å². The summed E-state index contributed by atoms with van der Waals surface area (Å²) >= 11 is 0. The van der Waals surface area contributed by atoms with E-state index in [-0.39, 0.29) is 5.92 Å². The van der Waals surface area contributed by atoms with Crippen LogP contribution in [0.3, 0.4) is 0 Å². The summed E-state index contributed by atoms with van der Waals surface area (Å²) in [6.45, 7) is 9.64. The SMILES string of the molecule is CCCCCCCCCCN(CC)CC(C)C#N. The number of rotatable bonds is 12. The second kappa shape index (κ2) is 12.9. The maximum absolute atomic E-state index is 8.81. The molecule has 0 aliphatic heterocycles. The summed E-state index contributed by atoms with van der Waals surface area (Å²) < 4.78 is 0. The van der Waals surface area contributed by atoms with Gasteiger partial charge in [0.05, 0.1) is 12.0 Å². The molecular formula is C16H32N2. The summed E-state index contributed by atoms with van der Waals surface area (Å²) in [5.74, 6) is 0.166. The lowest BCUT2D eigenvalue weighted by atomic mass is 10.1. The number of nitrogens with zero attached hydrogens (tertiary/aromatic N) is 2. The van der Waals surface area contributed by atoms with Gasteiger partial charge in [-0.1, -0.05) is 58.8 Å². The molecule has 18 heavy (non-hydrogen) atoms. The van der Waals surface area contributed by atoms with E-state index in [0.717, 1.165) is 19.6 Å². The zero-order valence-corrected chi connectivity index (χ0v) is 12.7. The third kappa shape index (κ3) is 10.6. The van der Waals surface area contributed by atoms with Gasteiger partial charge in [-0.2, -0.15) is 5.26 Å². The first-order valence-electron chi connectivity index (χ1n) is 7.86. The molecule has 0 aromatic rings. The Morgan fingerprint density at radius 2 is 1.50 bits per heavy atom. The monoisotopic (exact) mass is 252 g/mol. The van der Waals surface area contributed by atoms with E-state index >= 15 is 0 Å². The molecule has 2 nitrogen and oxygen atoms in total. The van der Waals surface area contributed by atoms with Gasteiger partial charge in [0, 0.05) is 6.54 Å². The summed E-state index contributed by atoms with van der Waals surface area (Å²) in [6, 6.07) is 2.32. The summed E-state index contributed by atoms with van der Waals surface area (Å²) in [4.78, 5) is 2.41. The molecule has 0 saturated heterocycles. The highest BCUT2D eigenvalue weighted by atomic mass is 15.1. The van der Waals surface area contributed by atoms with E-state index in [2.05, 4.69) is 24.8 Å². The van der Waals surface area contributed by atoms with Gasteiger partial charge in [-0.3, -0.25) is 0 Å². The Morgan fingerprint density at radius 1 is 0.944 bits per heavy atom. The van der Waals surface area contributed by atoms with Gasteiger partial charge >= 0.3 is 0 Å². The molecule has 0 heterocycles. The summed E-state index contributed by atoms with van der Waals surface area (Å²) in [6.07, 6.45) is 11.0. The van der Waals surface area contributed by atoms with E-state index < -0.39 is 0 Å². The molecule has 0 aliphatic carbocycles. The predicted molar refractivity (Wildman–Crippen MR) is 79.5 cm³/mol. The van der Waals surface area contributed by atoms with E-state index in [4.69, 9.17) is 5.26 Å². The zero-order chi connectivity index (χ0) is 13.6. The minimum absolute atomic E-state index is 0.166. The Bertz CT molecular complexity index is 208. The average molecular weight is 252 g/mol. The lowest BCUT2D eigenvalue weighted by Gasteiger charge is -2.21. The third-order valence-electron chi connectivity index (χ3n) is 3.53. The first kappa shape index (κ1) is 17.4. The molecule has 2 heteroatoms. The molecule has 1 atom stereocenters. The molecule has 106 valence electrons. The van der Waals surface area contributed by atoms with Crippen LogP contribution in [-0.4, -0.2) is 24.5 Å². The van der Waals surface area contributed by atoms with Crippen molar-refractivity contribution in [1.29, 1.82) is 5.26 Å². The quantitative estimate of drug-likeness (QED) is 0.474. The van der Waals surface area contributed by atoms with Crippen LogP contribution < -0.4 is 0 Å². The molecule has 0 bridgehead atoms.